The van der Waals surface area contributed by atoms with Crippen LogP contribution in [0.25, 0.3) is 10.7 Å². The van der Waals surface area contributed by atoms with Gasteiger partial charge in [-0.2, -0.15) is 0 Å². The van der Waals surface area contributed by atoms with Crippen LogP contribution >= 0.6 is 23.1 Å². The molecule has 2 unspecified atom stereocenters. The van der Waals surface area contributed by atoms with Crippen LogP contribution in [-0.4, -0.2) is 44.4 Å². The molecule has 3 heterocycles. The van der Waals surface area contributed by atoms with E-state index in [4.69, 9.17) is 0 Å². The van der Waals surface area contributed by atoms with E-state index in [0.717, 1.165) is 36.4 Å². The van der Waals surface area contributed by atoms with Crippen molar-refractivity contribution in [3.05, 3.63) is 16.5 Å². The molecule has 1 saturated heterocycles. The molecule has 152 valence electrons. The van der Waals surface area contributed by atoms with Gasteiger partial charge in [0, 0.05) is 25.0 Å². The number of fused-ring (bicyclic) bond motifs is 1. The van der Waals surface area contributed by atoms with Crippen LogP contribution in [0.1, 0.15) is 50.0 Å². The average Bonchev–Trinajstić information content (AvgIpc) is 3.28. The van der Waals surface area contributed by atoms with Crippen molar-refractivity contribution in [1.82, 2.24) is 19.7 Å². The Morgan fingerprint density at radius 2 is 2.21 bits per heavy atom. The maximum atomic E-state index is 12.5. The largest absolute Gasteiger partial charge is 0.342 e. The zero-order chi connectivity index (χ0) is 19.7. The Labute approximate surface area is 175 Å². The van der Waals surface area contributed by atoms with Crippen LogP contribution in [0.15, 0.2) is 11.2 Å². The molecule has 4 rings (SSSR count). The molecule has 2 atom stereocenters. The Kier molecular flexibility index (Phi) is 6.11. The van der Waals surface area contributed by atoms with E-state index >= 15 is 0 Å². The number of aryl methyl sites for hydroxylation is 1. The number of thioether (sulfide) groups is 1. The van der Waals surface area contributed by atoms with Crippen molar-refractivity contribution in [2.24, 2.45) is 18.9 Å². The van der Waals surface area contributed by atoms with E-state index in [0.29, 0.717) is 11.7 Å². The summed E-state index contributed by atoms with van der Waals surface area (Å²) in [5.41, 5.74) is 1.50. The van der Waals surface area contributed by atoms with Gasteiger partial charge in [0.1, 0.15) is 0 Å². The summed E-state index contributed by atoms with van der Waals surface area (Å²) < 4.78 is 2.05. The van der Waals surface area contributed by atoms with E-state index in [1.807, 2.05) is 27.9 Å². The second-order valence-electron chi connectivity index (χ2n) is 8.32. The van der Waals surface area contributed by atoms with Crippen molar-refractivity contribution in [1.29, 1.82) is 0 Å². The molecular formula is C21H30N4OS2. The van der Waals surface area contributed by atoms with E-state index in [-0.39, 0.29) is 5.91 Å². The summed E-state index contributed by atoms with van der Waals surface area (Å²) in [5, 5.41) is 9.65. The van der Waals surface area contributed by atoms with Gasteiger partial charge in [0.2, 0.25) is 5.91 Å². The number of nitrogens with zero attached hydrogens (tertiary/aromatic N) is 4. The summed E-state index contributed by atoms with van der Waals surface area (Å²) >= 11 is 3.38. The van der Waals surface area contributed by atoms with Gasteiger partial charge < -0.3 is 9.47 Å². The fourth-order valence-corrected chi connectivity index (χ4v) is 6.39. The van der Waals surface area contributed by atoms with Gasteiger partial charge in [-0.25, -0.2) is 0 Å². The molecule has 0 bridgehead atoms. The molecular weight excluding hydrogens is 388 g/mol. The quantitative estimate of drug-likeness (QED) is 0.675. The zero-order valence-electron chi connectivity index (χ0n) is 17.1. The predicted molar refractivity (Wildman–Crippen MR) is 116 cm³/mol. The first-order valence-corrected chi connectivity index (χ1v) is 12.3. The first kappa shape index (κ1) is 20.0. The second kappa shape index (κ2) is 8.57. The minimum atomic E-state index is 0.221. The molecule has 5 nitrogen and oxygen atoms in total. The number of amides is 1. The SMILES string of the molecule is CCC1CCc2sc(-c3nnc(SCC(=O)N4CCCC(C)C4)n3C)cc2C1. The van der Waals surface area contributed by atoms with Crippen LogP contribution < -0.4 is 0 Å². The highest BCUT2D eigenvalue weighted by molar-refractivity contribution is 7.99. The van der Waals surface area contributed by atoms with Crippen LogP contribution in [0.4, 0.5) is 0 Å². The van der Waals surface area contributed by atoms with E-state index in [9.17, 15) is 4.79 Å². The summed E-state index contributed by atoms with van der Waals surface area (Å²) in [4.78, 5) is 17.3. The highest BCUT2D eigenvalue weighted by Crippen LogP contribution is 2.38. The summed E-state index contributed by atoms with van der Waals surface area (Å²) in [6.07, 6.45) is 7.31. The fraction of sp³-hybridized carbons (Fsp3) is 0.667. The van der Waals surface area contributed by atoms with Crippen molar-refractivity contribution >= 4 is 29.0 Å². The number of likely N-dealkylation sites (tertiary alicyclic amines) is 1. The molecule has 1 fully saturated rings. The Morgan fingerprint density at radius 1 is 1.36 bits per heavy atom. The lowest BCUT2D eigenvalue weighted by Crippen LogP contribution is -2.40. The van der Waals surface area contributed by atoms with Crippen LogP contribution in [0.5, 0.6) is 0 Å². The third-order valence-corrected chi connectivity index (χ3v) is 8.39. The minimum Gasteiger partial charge on any atom is -0.342 e. The van der Waals surface area contributed by atoms with E-state index in [2.05, 4.69) is 30.1 Å². The molecule has 2 aromatic rings. The van der Waals surface area contributed by atoms with Crippen molar-refractivity contribution in [3.63, 3.8) is 0 Å². The molecule has 0 spiro atoms. The van der Waals surface area contributed by atoms with E-state index < -0.39 is 0 Å². The zero-order valence-corrected chi connectivity index (χ0v) is 18.7. The Balaban J connectivity index is 1.42. The highest BCUT2D eigenvalue weighted by atomic mass is 32.2. The number of thiophene rings is 1. The highest BCUT2D eigenvalue weighted by Gasteiger charge is 2.24. The van der Waals surface area contributed by atoms with Gasteiger partial charge in [-0.1, -0.05) is 32.0 Å². The summed E-state index contributed by atoms with van der Waals surface area (Å²) in [6.45, 7) is 6.31. The normalized spacial score (nSPS) is 22.3. The fourth-order valence-electron chi connectivity index (χ4n) is 4.35. The molecule has 2 aromatic heterocycles. The van der Waals surface area contributed by atoms with Crippen molar-refractivity contribution in [2.75, 3.05) is 18.8 Å². The Bertz CT molecular complexity index is 844. The Hall–Kier alpha value is -1.34. The lowest BCUT2D eigenvalue weighted by molar-refractivity contribution is -0.130. The van der Waals surface area contributed by atoms with Crippen molar-refractivity contribution in [2.45, 2.75) is 57.5 Å². The van der Waals surface area contributed by atoms with Gasteiger partial charge in [0.25, 0.3) is 0 Å². The van der Waals surface area contributed by atoms with Crippen LogP contribution in [0.3, 0.4) is 0 Å². The number of piperidine rings is 1. The number of carbonyl (C=O) groups excluding carboxylic acids is 1. The molecule has 0 N–H and O–H groups in total. The summed E-state index contributed by atoms with van der Waals surface area (Å²) in [6, 6.07) is 2.32. The maximum absolute atomic E-state index is 12.5. The summed E-state index contributed by atoms with van der Waals surface area (Å²) in [5.74, 6) is 3.02. The summed E-state index contributed by atoms with van der Waals surface area (Å²) in [7, 11) is 2.01. The number of rotatable bonds is 5. The molecule has 1 aliphatic heterocycles. The van der Waals surface area contributed by atoms with Gasteiger partial charge in [-0.05, 0) is 55.6 Å². The number of hydrogen-bond donors (Lipinski definition) is 0. The van der Waals surface area contributed by atoms with Gasteiger partial charge in [0.15, 0.2) is 11.0 Å². The predicted octanol–water partition coefficient (Wildman–Crippen LogP) is 4.41. The smallest absolute Gasteiger partial charge is 0.233 e. The van der Waals surface area contributed by atoms with Gasteiger partial charge in [-0.15, -0.1) is 21.5 Å². The molecule has 0 saturated carbocycles. The first-order chi connectivity index (χ1) is 13.5. The third-order valence-electron chi connectivity index (χ3n) is 6.15. The Morgan fingerprint density at radius 3 is 3.00 bits per heavy atom. The molecule has 28 heavy (non-hydrogen) atoms. The number of hydrogen-bond acceptors (Lipinski definition) is 5. The third kappa shape index (κ3) is 4.15. The second-order valence-corrected chi connectivity index (χ2v) is 10.4. The van der Waals surface area contributed by atoms with Crippen molar-refractivity contribution < 1.29 is 4.79 Å². The van der Waals surface area contributed by atoms with Crippen LogP contribution in [-0.2, 0) is 24.7 Å². The molecule has 7 heteroatoms. The molecule has 2 aliphatic rings. The van der Waals surface area contributed by atoms with E-state index in [1.165, 1.54) is 59.2 Å². The molecule has 1 aliphatic carbocycles. The maximum Gasteiger partial charge on any atom is 0.233 e. The number of aromatic nitrogens is 3. The molecule has 0 radical (unpaired) electrons. The van der Waals surface area contributed by atoms with Gasteiger partial charge in [-0.3, -0.25) is 4.79 Å². The number of carbonyl (C=O) groups is 1. The van der Waals surface area contributed by atoms with Gasteiger partial charge >= 0.3 is 0 Å². The molecule has 0 aromatic carbocycles. The minimum absolute atomic E-state index is 0.221. The van der Waals surface area contributed by atoms with Crippen LogP contribution in [0.2, 0.25) is 0 Å². The monoisotopic (exact) mass is 418 g/mol. The average molecular weight is 419 g/mol. The standard InChI is InChI=1S/C21H30N4OS2/c1-4-15-7-8-17-16(10-15)11-18(28-17)20-22-23-21(24(20)3)27-13-19(26)25-9-5-6-14(2)12-25/h11,14-15H,4-10,12-13H2,1-3H3. The van der Waals surface area contributed by atoms with Gasteiger partial charge in [0.05, 0.1) is 10.6 Å². The topological polar surface area (TPSA) is 51.0 Å². The van der Waals surface area contributed by atoms with E-state index in [1.54, 1.807) is 0 Å². The lowest BCUT2D eigenvalue weighted by atomic mass is 9.87. The molecule has 1 amide bonds. The van der Waals surface area contributed by atoms with Crippen molar-refractivity contribution in [3.8, 4) is 10.7 Å². The first-order valence-electron chi connectivity index (χ1n) is 10.5. The lowest BCUT2D eigenvalue weighted by Gasteiger charge is -2.30. The van der Waals surface area contributed by atoms with Crippen LogP contribution in [0, 0.1) is 11.8 Å².